The van der Waals surface area contributed by atoms with E-state index in [1.165, 1.54) is 26.2 Å². The summed E-state index contributed by atoms with van der Waals surface area (Å²) in [5, 5.41) is 0.0329. The van der Waals surface area contributed by atoms with Crippen LogP contribution in [0.2, 0.25) is 5.02 Å². The fourth-order valence-corrected chi connectivity index (χ4v) is 4.33. The number of rotatable bonds is 8. The first kappa shape index (κ1) is 29.7. The maximum atomic E-state index is 16.8. The van der Waals surface area contributed by atoms with Gasteiger partial charge in [-0.15, -0.1) is 0 Å². The van der Waals surface area contributed by atoms with Crippen LogP contribution in [0.1, 0.15) is 29.2 Å². The summed E-state index contributed by atoms with van der Waals surface area (Å²) in [7, 11) is 1.21. The molecule has 8 nitrogen and oxygen atoms in total. The van der Waals surface area contributed by atoms with Gasteiger partial charge < -0.3 is 18.9 Å². The van der Waals surface area contributed by atoms with E-state index in [1.54, 1.807) is 30.3 Å². The number of halogens is 5. The third-order valence-electron chi connectivity index (χ3n) is 6.20. The molecule has 0 spiro atoms. The predicted octanol–water partition coefficient (Wildman–Crippen LogP) is 6.17. The van der Waals surface area contributed by atoms with Gasteiger partial charge in [-0.1, -0.05) is 48.0 Å². The number of alkyl halides is 4. The zero-order chi connectivity index (χ0) is 29.9. The third-order valence-corrected chi connectivity index (χ3v) is 6.43. The first-order valence-electron chi connectivity index (χ1n) is 12.0. The van der Waals surface area contributed by atoms with Crippen LogP contribution in [0.25, 0.3) is 0 Å². The van der Waals surface area contributed by atoms with Gasteiger partial charge in [-0.2, -0.15) is 13.2 Å². The van der Waals surface area contributed by atoms with Gasteiger partial charge in [0.05, 0.1) is 18.4 Å². The molecule has 0 bridgehead atoms. The molecule has 41 heavy (non-hydrogen) atoms. The Hall–Kier alpha value is -4.32. The Morgan fingerprint density at radius 3 is 2.37 bits per heavy atom. The molecule has 3 aromatic rings. The lowest BCUT2D eigenvalue weighted by molar-refractivity contribution is -0.155. The molecule has 0 N–H and O–H groups in total. The Kier molecular flexibility index (Phi) is 8.43. The summed E-state index contributed by atoms with van der Waals surface area (Å²) in [6, 6.07) is 14.5. The van der Waals surface area contributed by atoms with Gasteiger partial charge >= 0.3 is 18.3 Å². The van der Waals surface area contributed by atoms with Crippen LogP contribution in [0.4, 0.5) is 28.0 Å². The van der Waals surface area contributed by atoms with Crippen LogP contribution in [0, 0.1) is 0 Å². The Labute approximate surface area is 236 Å². The van der Waals surface area contributed by atoms with Crippen molar-refractivity contribution in [1.82, 2.24) is 0 Å². The smallest absolute Gasteiger partial charge is 0.496 e. The number of benzene rings is 3. The van der Waals surface area contributed by atoms with Crippen LogP contribution in [0.5, 0.6) is 5.75 Å². The Morgan fingerprint density at radius 1 is 1.00 bits per heavy atom. The lowest BCUT2D eigenvalue weighted by atomic mass is 9.88. The van der Waals surface area contributed by atoms with Crippen molar-refractivity contribution in [2.24, 2.45) is 0 Å². The highest BCUT2D eigenvalue weighted by atomic mass is 35.5. The summed E-state index contributed by atoms with van der Waals surface area (Å²) < 4.78 is 77.2. The molecule has 1 aliphatic rings. The molecule has 0 aromatic heterocycles. The number of fused-ring (bicyclic) bond motifs is 1. The van der Waals surface area contributed by atoms with Crippen molar-refractivity contribution in [3.05, 3.63) is 94.0 Å². The Morgan fingerprint density at radius 2 is 1.71 bits per heavy atom. The van der Waals surface area contributed by atoms with E-state index in [4.69, 9.17) is 30.5 Å². The van der Waals surface area contributed by atoms with Crippen molar-refractivity contribution in [2.75, 3.05) is 18.7 Å². The van der Waals surface area contributed by atoms with E-state index in [0.29, 0.717) is 22.6 Å². The molecule has 1 aliphatic heterocycles. The van der Waals surface area contributed by atoms with Gasteiger partial charge in [-0.3, -0.25) is 9.69 Å². The van der Waals surface area contributed by atoms with Crippen molar-refractivity contribution < 1.29 is 50.9 Å². The second kappa shape index (κ2) is 11.7. The van der Waals surface area contributed by atoms with Crippen LogP contribution >= 0.6 is 11.6 Å². The number of nitrogens with zero attached hydrogens (tertiary/aromatic N) is 1. The number of ether oxygens (including phenoxy) is 4. The van der Waals surface area contributed by atoms with E-state index in [1.807, 2.05) is 0 Å². The summed E-state index contributed by atoms with van der Waals surface area (Å²) in [6.45, 7) is 0.0827. The minimum absolute atomic E-state index is 0.0329. The quantitative estimate of drug-likeness (QED) is 0.227. The maximum absolute atomic E-state index is 16.8. The van der Waals surface area contributed by atoms with Gasteiger partial charge in [0.2, 0.25) is 5.67 Å². The van der Waals surface area contributed by atoms with Crippen LogP contribution in [-0.2, 0) is 42.3 Å². The number of carbonyl (C=O) groups is 3. The molecule has 0 aliphatic carbocycles. The number of amides is 1. The number of carbonyl (C=O) groups excluding carboxylic acids is 3. The van der Waals surface area contributed by atoms with Crippen LogP contribution in [0.3, 0.4) is 0 Å². The van der Waals surface area contributed by atoms with Crippen molar-refractivity contribution in [3.63, 3.8) is 0 Å². The molecular weight excluding hydrogens is 574 g/mol. The fraction of sp³-hybridized carbons (Fsp3) is 0.250. The maximum Gasteiger partial charge on any atom is 0.510 e. The zero-order valence-electron chi connectivity index (χ0n) is 21.5. The van der Waals surface area contributed by atoms with Gasteiger partial charge in [0, 0.05) is 16.1 Å². The average molecular weight is 596 g/mol. The molecule has 3 aromatic carbocycles. The highest BCUT2D eigenvalue weighted by molar-refractivity contribution is 6.30. The summed E-state index contributed by atoms with van der Waals surface area (Å²) in [5.74, 6) is -2.37. The molecular formula is C28H22ClF4NO7. The van der Waals surface area contributed by atoms with E-state index >= 15 is 4.39 Å². The van der Waals surface area contributed by atoms with Gasteiger partial charge in [-0.05, 0) is 42.8 Å². The van der Waals surface area contributed by atoms with Crippen molar-refractivity contribution in [2.45, 2.75) is 31.5 Å². The molecule has 0 saturated heterocycles. The molecule has 1 heterocycles. The van der Waals surface area contributed by atoms with Gasteiger partial charge in [-0.25, -0.2) is 14.0 Å². The van der Waals surface area contributed by atoms with Gasteiger partial charge in [0.1, 0.15) is 12.4 Å². The third kappa shape index (κ3) is 6.07. The van der Waals surface area contributed by atoms with Crippen LogP contribution in [0.15, 0.2) is 66.7 Å². The van der Waals surface area contributed by atoms with Crippen molar-refractivity contribution in [3.8, 4) is 5.75 Å². The lowest BCUT2D eigenvalue weighted by Crippen LogP contribution is -2.40. The Bertz CT molecular complexity index is 1470. The fourth-order valence-electron chi connectivity index (χ4n) is 4.16. The van der Waals surface area contributed by atoms with Crippen molar-refractivity contribution >= 4 is 35.3 Å². The molecule has 2 atom stereocenters. The van der Waals surface area contributed by atoms with E-state index in [0.717, 1.165) is 12.1 Å². The Balaban J connectivity index is 1.55. The van der Waals surface area contributed by atoms with E-state index < -0.39 is 59.5 Å². The molecule has 13 heteroatoms. The molecule has 4 rings (SSSR count). The number of methoxy groups -OCH3 is 1. The monoisotopic (exact) mass is 595 g/mol. The highest BCUT2D eigenvalue weighted by Crippen LogP contribution is 2.51. The predicted molar refractivity (Wildman–Crippen MR) is 137 cm³/mol. The average Bonchev–Trinajstić information content (AvgIpc) is 3.16. The van der Waals surface area contributed by atoms with Crippen LogP contribution in [-0.4, -0.2) is 38.0 Å². The summed E-state index contributed by atoms with van der Waals surface area (Å²) >= 11 is 6.02. The number of hydrogen-bond donors (Lipinski definition) is 0. The number of hydrogen-bond acceptors (Lipinski definition) is 7. The van der Waals surface area contributed by atoms with Crippen molar-refractivity contribution in [1.29, 1.82) is 0 Å². The summed E-state index contributed by atoms with van der Waals surface area (Å²) in [6.07, 6.45) is -7.71. The molecule has 0 saturated carbocycles. The largest absolute Gasteiger partial charge is 0.510 e. The summed E-state index contributed by atoms with van der Waals surface area (Å²) in [5.41, 5.74) is -4.85. The summed E-state index contributed by atoms with van der Waals surface area (Å²) in [4.78, 5) is 38.5. The standard InChI is InChI=1S/C28H22ClF4NO7/c1-16(24(35)39-14-17-6-4-3-5-7-17)41-26(37)40-15-34-22-12-18(28(31,32)33)8-10-20(22)27(30,25(34)36)21-13-19(29)9-11-23(21)38-2/h3-13,16H,14-15H2,1-2H3/t16?,27-/m0/s1. The second-order valence-electron chi connectivity index (χ2n) is 8.84. The normalized spacial score (nSPS) is 17.0. The zero-order valence-corrected chi connectivity index (χ0v) is 22.3. The minimum atomic E-state index is -4.83. The van der Waals surface area contributed by atoms with E-state index in [2.05, 4.69) is 0 Å². The molecule has 1 unspecified atom stereocenters. The first-order valence-corrected chi connectivity index (χ1v) is 12.3. The second-order valence-corrected chi connectivity index (χ2v) is 9.28. The van der Waals surface area contributed by atoms with Gasteiger partial charge in [0.25, 0.3) is 5.91 Å². The molecule has 0 fully saturated rings. The number of anilines is 1. The molecule has 0 radical (unpaired) electrons. The van der Waals surface area contributed by atoms with E-state index in [9.17, 15) is 27.6 Å². The minimum Gasteiger partial charge on any atom is -0.496 e. The molecule has 1 amide bonds. The lowest BCUT2D eigenvalue weighted by Gasteiger charge is -2.23. The highest BCUT2D eigenvalue weighted by Gasteiger charge is 2.55. The molecule has 216 valence electrons. The van der Waals surface area contributed by atoms with E-state index in [-0.39, 0.29) is 22.9 Å². The van der Waals surface area contributed by atoms with Gasteiger partial charge in [0.15, 0.2) is 12.8 Å². The number of esters is 1. The SMILES string of the molecule is COc1ccc(Cl)cc1[C@]1(F)C(=O)N(COC(=O)OC(C)C(=O)OCc2ccccc2)c2cc(C(F)(F)F)ccc21. The topological polar surface area (TPSA) is 91.4 Å². The van der Waals surface area contributed by atoms with Crippen LogP contribution < -0.4 is 9.64 Å². The first-order chi connectivity index (χ1) is 19.4.